The van der Waals surface area contributed by atoms with Gasteiger partial charge in [0, 0.05) is 12.0 Å². The first-order valence-corrected chi connectivity index (χ1v) is 5.52. The molecule has 1 aromatic heterocycles. The van der Waals surface area contributed by atoms with Crippen LogP contribution in [-0.4, -0.2) is 9.88 Å². The molecule has 1 atom stereocenters. The van der Waals surface area contributed by atoms with Crippen molar-refractivity contribution in [1.29, 1.82) is 0 Å². The van der Waals surface area contributed by atoms with Gasteiger partial charge in [-0.05, 0) is 18.6 Å². The van der Waals surface area contributed by atoms with Crippen LogP contribution in [0.2, 0.25) is 0 Å². The Morgan fingerprint density at radius 2 is 2.50 bits per heavy atom. The molecule has 0 fully saturated rings. The van der Waals surface area contributed by atoms with E-state index in [0.29, 0.717) is 5.82 Å². The molecule has 0 saturated heterocycles. The number of aryl methyl sites for hydroxylation is 1. The van der Waals surface area contributed by atoms with Gasteiger partial charge in [0.2, 0.25) is 0 Å². The second-order valence-corrected chi connectivity index (χ2v) is 4.28. The Hall–Kier alpha value is -1.16. The highest BCUT2D eigenvalue weighted by Crippen LogP contribution is 2.42. The van der Waals surface area contributed by atoms with E-state index < -0.39 is 7.60 Å². The zero-order valence-electron chi connectivity index (χ0n) is 7.67. The Balaban J connectivity index is 2.67. The second-order valence-electron chi connectivity index (χ2n) is 2.61. The normalized spacial score (nSPS) is 14.4. The lowest BCUT2D eigenvalue weighted by atomic mass is 10.3. The number of hydrogen-bond acceptors (Lipinski definition) is 4. The minimum Gasteiger partial charge on any atom is -0.320 e. The fourth-order valence-electron chi connectivity index (χ4n) is 0.738. The van der Waals surface area contributed by atoms with Crippen LogP contribution in [0.5, 0.6) is 0 Å². The van der Waals surface area contributed by atoms with Crippen LogP contribution in [0.3, 0.4) is 0 Å². The van der Waals surface area contributed by atoms with Crippen molar-refractivity contribution in [2.45, 2.75) is 6.92 Å². The molecular formula is C8H11N2O3P. The molecule has 0 aliphatic rings. The summed E-state index contributed by atoms with van der Waals surface area (Å²) in [6.45, 7) is 4.97. The SMILES string of the molecule is C=CP(=O)(O)ONc1ncccc1C. The Morgan fingerprint density at radius 1 is 1.79 bits per heavy atom. The van der Waals surface area contributed by atoms with Crippen molar-refractivity contribution in [1.82, 2.24) is 4.98 Å². The highest BCUT2D eigenvalue weighted by Gasteiger charge is 2.14. The van der Waals surface area contributed by atoms with E-state index in [1.165, 1.54) is 0 Å². The molecule has 5 nitrogen and oxygen atoms in total. The van der Waals surface area contributed by atoms with Crippen molar-refractivity contribution < 1.29 is 14.1 Å². The first kappa shape index (κ1) is 10.9. The molecular weight excluding hydrogens is 203 g/mol. The summed E-state index contributed by atoms with van der Waals surface area (Å²) >= 11 is 0. The molecule has 0 spiro atoms. The Bertz CT molecular complexity index is 381. The number of pyridine rings is 1. The summed E-state index contributed by atoms with van der Waals surface area (Å²) in [6.07, 6.45) is 1.55. The molecule has 76 valence electrons. The molecule has 0 aromatic carbocycles. The van der Waals surface area contributed by atoms with E-state index in [9.17, 15) is 4.57 Å². The third-order valence-corrected chi connectivity index (χ3v) is 2.33. The lowest BCUT2D eigenvalue weighted by molar-refractivity contribution is 0.321. The van der Waals surface area contributed by atoms with Crippen LogP contribution in [-0.2, 0) is 9.19 Å². The molecule has 2 N–H and O–H groups in total. The van der Waals surface area contributed by atoms with Gasteiger partial charge >= 0.3 is 7.60 Å². The van der Waals surface area contributed by atoms with Crippen molar-refractivity contribution in [3.63, 3.8) is 0 Å². The summed E-state index contributed by atoms with van der Waals surface area (Å²) in [4.78, 5) is 12.9. The van der Waals surface area contributed by atoms with Gasteiger partial charge < -0.3 is 4.89 Å². The van der Waals surface area contributed by atoms with E-state index in [2.05, 4.69) is 21.7 Å². The van der Waals surface area contributed by atoms with E-state index in [1.54, 1.807) is 25.3 Å². The molecule has 1 rings (SSSR count). The third-order valence-electron chi connectivity index (χ3n) is 1.51. The predicted octanol–water partition coefficient (Wildman–Crippen LogP) is 2.06. The summed E-state index contributed by atoms with van der Waals surface area (Å²) in [5.41, 5.74) is 3.12. The van der Waals surface area contributed by atoms with Crippen molar-refractivity contribution in [3.05, 3.63) is 36.3 Å². The highest BCUT2D eigenvalue weighted by atomic mass is 31.2. The van der Waals surface area contributed by atoms with Gasteiger partial charge in [0.25, 0.3) is 0 Å². The molecule has 0 saturated carbocycles. The van der Waals surface area contributed by atoms with Gasteiger partial charge in [-0.3, -0.25) is 4.57 Å². The second kappa shape index (κ2) is 4.37. The average Bonchev–Trinajstić information content (AvgIpc) is 2.17. The summed E-state index contributed by atoms with van der Waals surface area (Å²) in [5.74, 6) is 1.25. The number of hydrogen-bond donors (Lipinski definition) is 2. The molecule has 1 aromatic rings. The van der Waals surface area contributed by atoms with Crippen LogP contribution in [0.4, 0.5) is 5.82 Å². The van der Waals surface area contributed by atoms with E-state index in [1.807, 2.05) is 0 Å². The van der Waals surface area contributed by atoms with Crippen LogP contribution in [0.25, 0.3) is 0 Å². The lowest BCUT2D eigenvalue weighted by Crippen LogP contribution is -2.01. The van der Waals surface area contributed by atoms with E-state index in [4.69, 9.17) is 4.89 Å². The minimum absolute atomic E-state index is 0.406. The number of rotatable bonds is 4. The Kier molecular flexibility index (Phi) is 3.41. The number of aromatic nitrogens is 1. The van der Waals surface area contributed by atoms with E-state index in [-0.39, 0.29) is 0 Å². The standard InChI is InChI=1S/C8H11N2O3P/c1-3-14(11,12)13-10-8-7(2)5-4-6-9-8/h3-6H,1H2,2H3,(H,9,10)(H,11,12). The van der Waals surface area contributed by atoms with Gasteiger partial charge in [-0.25, -0.2) is 10.5 Å². The monoisotopic (exact) mass is 214 g/mol. The number of nitrogens with one attached hydrogen (secondary N) is 1. The van der Waals surface area contributed by atoms with Crippen LogP contribution >= 0.6 is 7.60 Å². The van der Waals surface area contributed by atoms with Crippen LogP contribution in [0.1, 0.15) is 5.56 Å². The third kappa shape index (κ3) is 2.96. The van der Waals surface area contributed by atoms with Gasteiger partial charge in [0.1, 0.15) is 0 Å². The first-order valence-electron chi connectivity index (χ1n) is 3.87. The van der Waals surface area contributed by atoms with Crippen molar-refractivity contribution in [2.24, 2.45) is 0 Å². The lowest BCUT2D eigenvalue weighted by Gasteiger charge is -2.09. The van der Waals surface area contributed by atoms with Crippen molar-refractivity contribution in [3.8, 4) is 0 Å². The van der Waals surface area contributed by atoms with Gasteiger partial charge in [0.05, 0.1) is 0 Å². The highest BCUT2D eigenvalue weighted by molar-refractivity contribution is 7.56. The largest absolute Gasteiger partial charge is 0.372 e. The van der Waals surface area contributed by atoms with E-state index >= 15 is 0 Å². The zero-order valence-corrected chi connectivity index (χ0v) is 8.57. The number of nitrogens with zero attached hydrogens (tertiary/aromatic N) is 1. The fraction of sp³-hybridized carbons (Fsp3) is 0.125. The summed E-state index contributed by atoms with van der Waals surface area (Å²) in [7, 11) is -3.75. The zero-order chi connectivity index (χ0) is 10.6. The van der Waals surface area contributed by atoms with Gasteiger partial charge in [0.15, 0.2) is 5.82 Å². The predicted molar refractivity (Wildman–Crippen MR) is 53.7 cm³/mol. The molecule has 0 bridgehead atoms. The summed E-state index contributed by atoms with van der Waals surface area (Å²) < 4.78 is 15.5. The number of anilines is 1. The maximum Gasteiger partial charge on any atom is 0.372 e. The summed E-state index contributed by atoms with van der Waals surface area (Å²) in [6, 6.07) is 3.56. The molecule has 14 heavy (non-hydrogen) atoms. The molecule has 0 aliphatic carbocycles. The molecule has 0 aliphatic heterocycles. The maximum atomic E-state index is 11.0. The van der Waals surface area contributed by atoms with Gasteiger partial charge in [-0.15, -0.1) is 0 Å². The van der Waals surface area contributed by atoms with Crippen LogP contribution in [0.15, 0.2) is 30.7 Å². The van der Waals surface area contributed by atoms with E-state index in [0.717, 1.165) is 11.4 Å². The first-order chi connectivity index (χ1) is 6.55. The van der Waals surface area contributed by atoms with Crippen LogP contribution in [0, 0.1) is 6.92 Å². The Morgan fingerprint density at radius 3 is 3.07 bits per heavy atom. The topological polar surface area (TPSA) is 71.5 Å². The molecule has 1 heterocycles. The molecule has 0 amide bonds. The van der Waals surface area contributed by atoms with Crippen molar-refractivity contribution in [2.75, 3.05) is 5.48 Å². The Labute approximate surface area is 81.9 Å². The average molecular weight is 214 g/mol. The minimum atomic E-state index is -3.75. The van der Waals surface area contributed by atoms with Gasteiger partial charge in [-0.1, -0.05) is 12.6 Å². The smallest absolute Gasteiger partial charge is 0.320 e. The quantitative estimate of drug-likeness (QED) is 0.592. The molecule has 6 heteroatoms. The fourth-order valence-corrected chi connectivity index (χ4v) is 1.03. The molecule has 1 unspecified atom stereocenters. The maximum absolute atomic E-state index is 11.0. The molecule has 0 radical (unpaired) electrons. The summed E-state index contributed by atoms with van der Waals surface area (Å²) in [5, 5.41) is 0. The van der Waals surface area contributed by atoms with Gasteiger partial charge in [-0.2, -0.15) is 4.62 Å². The van der Waals surface area contributed by atoms with Crippen molar-refractivity contribution >= 4 is 13.4 Å². The van der Waals surface area contributed by atoms with Crippen LogP contribution < -0.4 is 5.48 Å².